The summed E-state index contributed by atoms with van der Waals surface area (Å²) in [5, 5.41) is 12.2. The normalized spacial score (nSPS) is 21.5. The van der Waals surface area contributed by atoms with Crippen LogP contribution in [0.1, 0.15) is 19.8 Å². The summed E-state index contributed by atoms with van der Waals surface area (Å²) >= 11 is 0. The summed E-state index contributed by atoms with van der Waals surface area (Å²) in [4.78, 5) is 2.33. The van der Waals surface area contributed by atoms with Crippen LogP contribution in [0.2, 0.25) is 0 Å². The summed E-state index contributed by atoms with van der Waals surface area (Å²) in [6.45, 7) is 6.64. The van der Waals surface area contributed by atoms with Gasteiger partial charge in [0.15, 0.2) is 0 Å². The molecule has 2 N–H and O–H groups in total. The summed E-state index contributed by atoms with van der Waals surface area (Å²) in [5.41, 5.74) is 0. The number of aliphatic hydroxyl groups is 1. The lowest BCUT2D eigenvalue weighted by atomic mass is 10.1. The number of nitrogens with zero attached hydrogens (tertiary/aromatic N) is 1. The zero-order chi connectivity index (χ0) is 8.81. The molecule has 1 heterocycles. The van der Waals surface area contributed by atoms with Crippen molar-refractivity contribution < 1.29 is 5.11 Å². The molecule has 1 saturated heterocycles. The molecule has 1 aliphatic heterocycles. The van der Waals surface area contributed by atoms with Gasteiger partial charge in [-0.25, -0.2) is 0 Å². The van der Waals surface area contributed by atoms with Crippen molar-refractivity contribution in [2.45, 2.75) is 25.8 Å². The van der Waals surface area contributed by atoms with Crippen LogP contribution in [0.25, 0.3) is 0 Å². The van der Waals surface area contributed by atoms with Crippen LogP contribution in [-0.4, -0.2) is 48.8 Å². The molecular formula is C9H20N2O. The summed E-state index contributed by atoms with van der Waals surface area (Å²) in [7, 11) is 0. The van der Waals surface area contributed by atoms with Crippen molar-refractivity contribution in [1.29, 1.82) is 0 Å². The molecule has 0 saturated carbocycles. The predicted octanol–water partition coefficient (Wildman–Crippen LogP) is 0.0526. The third-order valence-corrected chi connectivity index (χ3v) is 2.50. The first-order valence-electron chi connectivity index (χ1n) is 4.93. The number of likely N-dealkylation sites (tertiary alicyclic amines) is 1. The van der Waals surface area contributed by atoms with E-state index in [1.165, 1.54) is 12.8 Å². The van der Waals surface area contributed by atoms with Gasteiger partial charge in [-0.15, -0.1) is 0 Å². The summed E-state index contributed by atoms with van der Waals surface area (Å²) in [6.07, 6.45) is 2.46. The van der Waals surface area contributed by atoms with E-state index in [0.717, 1.165) is 26.2 Å². The molecule has 0 atom stereocenters. The van der Waals surface area contributed by atoms with Crippen molar-refractivity contribution in [3.8, 4) is 0 Å². The quantitative estimate of drug-likeness (QED) is 0.629. The minimum atomic E-state index is 0.297. The Morgan fingerprint density at radius 3 is 2.58 bits per heavy atom. The number of hydrogen-bond acceptors (Lipinski definition) is 3. The van der Waals surface area contributed by atoms with E-state index in [4.69, 9.17) is 5.11 Å². The molecule has 3 nitrogen and oxygen atoms in total. The maximum Gasteiger partial charge on any atom is 0.0558 e. The molecule has 0 spiro atoms. The highest BCUT2D eigenvalue weighted by atomic mass is 16.3. The average Bonchev–Trinajstić information content (AvgIpc) is 2.09. The average molecular weight is 172 g/mol. The lowest BCUT2D eigenvalue weighted by Crippen LogP contribution is -2.43. The van der Waals surface area contributed by atoms with E-state index in [2.05, 4.69) is 17.1 Å². The Morgan fingerprint density at radius 2 is 2.08 bits per heavy atom. The Balaban J connectivity index is 2.11. The largest absolute Gasteiger partial charge is 0.395 e. The second-order valence-corrected chi connectivity index (χ2v) is 3.40. The Hall–Kier alpha value is -0.120. The molecule has 1 aliphatic rings. The fraction of sp³-hybridized carbons (Fsp3) is 1.00. The molecule has 0 aromatic heterocycles. The summed E-state index contributed by atoms with van der Waals surface area (Å²) in [5.74, 6) is 0. The van der Waals surface area contributed by atoms with Gasteiger partial charge in [0.05, 0.1) is 6.61 Å². The van der Waals surface area contributed by atoms with E-state index >= 15 is 0 Å². The van der Waals surface area contributed by atoms with Crippen molar-refractivity contribution >= 4 is 0 Å². The Bertz CT molecular complexity index is 97.1. The first-order valence-corrected chi connectivity index (χ1v) is 4.93. The van der Waals surface area contributed by atoms with Gasteiger partial charge in [-0.1, -0.05) is 6.92 Å². The standard InChI is InChI=1S/C9H20N2O/c1-2-10-9-3-5-11(6-4-9)7-8-12/h9-10,12H,2-8H2,1H3. The Labute approximate surface area is 74.8 Å². The minimum Gasteiger partial charge on any atom is -0.395 e. The van der Waals surface area contributed by atoms with Gasteiger partial charge >= 0.3 is 0 Å². The summed E-state index contributed by atoms with van der Waals surface area (Å²) < 4.78 is 0. The molecular weight excluding hydrogens is 152 g/mol. The smallest absolute Gasteiger partial charge is 0.0558 e. The van der Waals surface area contributed by atoms with E-state index in [9.17, 15) is 0 Å². The van der Waals surface area contributed by atoms with Crippen molar-refractivity contribution in [2.75, 3.05) is 32.8 Å². The number of hydrogen-bond donors (Lipinski definition) is 2. The maximum atomic E-state index is 8.73. The van der Waals surface area contributed by atoms with Crippen LogP contribution in [0.4, 0.5) is 0 Å². The number of aliphatic hydroxyl groups excluding tert-OH is 1. The van der Waals surface area contributed by atoms with E-state index in [1.807, 2.05) is 0 Å². The van der Waals surface area contributed by atoms with Crippen LogP contribution < -0.4 is 5.32 Å². The number of piperidine rings is 1. The third-order valence-electron chi connectivity index (χ3n) is 2.50. The second-order valence-electron chi connectivity index (χ2n) is 3.40. The molecule has 0 bridgehead atoms. The molecule has 72 valence electrons. The monoisotopic (exact) mass is 172 g/mol. The molecule has 0 aromatic rings. The molecule has 1 fully saturated rings. The number of β-amino-alcohol motifs (C(OH)–C–C–N with tert-alkyl or cyclic N) is 1. The molecule has 0 radical (unpaired) electrons. The number of rotatable bonds is 4. The second kappa shape index (κ2) is 5.51. The van der Waals surface area contributed by atoms with Gasteiger partial charge < -0.3 is 15.3 Å². The highest BCUT2D eigenvalue weighted by Gasteiger charge is 2.16. The zero-order valence-corrected chi connectivity index (χ0v) is 7.92. The van der Waals surface area contributed by atoms with E-state index < -0.39 is 0 Å². The molecule has 0 amide bonds. The van der Waals surface area contributed by atoms with Gasteiger partial charge in [-0.2, -0.15) is 0 Å². The fourth-order valence-corrected chi connectivity index (χ4v) is 1.79. The molecule has 0 aliphatic carbocycles. The van der Waals surface area contributed by atoms with Crippen LogP contribution in [0.3, 0.4) is 0 Å². The summed E-state index contributed by atoms with van der Waals surface area (Å²) in [6, 6.07) is 0.713. The van der Waals surface area contributed by atoms with E-state index in [-0.39, 0.29) is 0 Å². The fourth-order valence-electron chi connectivity index (χ4n) is 1.79. The van der Waals surface area contributed by atoms with E-state index in [0.29, 0.717) is 12.6 Å². The van der Waals surface area contributed by atoms with Gasteiger partial charge in [0, 0.05) is 12.6 Å². The predicted molar refractivity (Wildman–Crippen MR) is 50.2 cm³/mol. The van der Waals surface area contributed by atoms with E-state index in [1.54, 1.807) is 0 Å². The molecule has 12 heavy (non-hydrogen) atoms. The Morgan fingerprint density at radius 1 is 1.42 bits per heavy atom. The minimum absolute atomic E-state index is 0.297. The van der Waals surface area contributed by atoms with Gasteiger partial charge in [-0.3, -0.25) is 0 Å². The lowest BCUT2D eigenvalue weighted by molar-refractivity contribution is 0.157. The molecule has 3 heteroatoms. The Kier molecular flexibility index (Phi) is 4.58. The van der Waals surface area contributed by atoms with Crippen LogP contribution in [0.5, 0.6) is 0 Å². The van der Waals surface area contributed by atoms with Crippen LogP contribution in [0, 0.1) is 0 Å². The zero-order valence-electron chi connectivity index (χ0n) is 7.92. The van der Waals surface area contributed by atoms with Crippen LogP contribution in [-0.2, 0) is 0 Å². The van der Waals surface area contributed by atoms with Crippen LogP contribution >= 0.6 is 0 Å². The van der Waals surface area contributed by atoms with Gasteiger partial charge in [0.25, 0.3) is 0 Å². The number of nitrogens with one attached hydrogen (secondary N) is 1. The highest BCUT2D eigenvalue weighted by Crippen LogP contribution is 2.08. The van der Waals surface area contributed by atoms with Crippen molar-refractivity contribution in [3.63, 3.8) is 0 Å². The lowest BCUT2D eigenvalue weighted by Gasteiger charge is -2.31. The van der Waals surface area contributed by atoms with Crippen molar-refractivity contribution in [2.24, 2.45) is 0 Å². The first kappa shape index (κ1) is 9.96. The first-order chi connectivity index (χ1) is 5.86. The highest BCUT2D eigenvalue weighted by molar-refractivity contribution is 4.76. The molecule has 0 aromatic carbocycles. The van der Waals surface area contributed by atoms with Crippen molar-refractivity contribution in [3.05, 3.63) is 0 Å². The maximum absolute atomic E-state index is 8.73. The van der Waals surface area contributed by atoms with Gasteiger partial charge in [0.2, 0.25) is 0 Å². The molecule has 1 rings (SSSR count). The third kappa shape index (κ3) is 3.09. The van der Waals surface area contributed by atoms with Crippen molar-refractivity contribution in [1.82, 2.24) is 10.2 Å². The van der Waals surface area contributed by atoms with Crippen LogP contribution in [0.15, 0.2) is 0 Å². The molecule has 0 unspecified atom stereocenters. The van der Waals surface area contributed by atoms with Gasteiger partial charge in [-0.05, 0) is 32.5 Å². The topological polar surface area (TPSA) is 35.5 Å². The SMILES string of the molecule is CCNC1CCN(CCO)CC1. The van der Waals surface area contributed by atoms with Gasteiger partial charge in [0.1, 0.15) is 0 Å².